The molecule has 3 heterocycles. The van der Waals surface area contributed by atoms with Gasteiger partial charge < -0.3 is 20.5 Å². The fraction of sp³-hybridized carbons (Fsp3) is 0.368. The number of nitrogens with two attached hydrogens (primary N) is 1. The van der Waals surface area contributed by atoms with Crippen molar-refractivity contribution in [1.82, 2.24) is 29.7 Å². The summed E-state index contributed by atoms with van der Waals surface area (Å²) in [6.45, 7) is 9.20. The van der Waals surface area contributed by atoms with E-state index in [9.17, 15) is 9.59 Å². The maximum absolute atomic E-state index is 13.0. The summed E-state index contributed by atoms with van der Waals surface area (Å²) in [4.78, 5) is 39.6. The number of amides is 2. The van der Waals surface area contributed by atoms with E-state index in [1.165, 1.54) is 0 Å². The third kappa shape index (κ3) is 8.95. The summed E-state index contributed by atoms with van der Waals surface area (Å²) >= 11 is 0. The topological polar surface area (TPSA) is 109 Å². The van der Waals surface area contributed by atoms with Gasteiger partial charge in [-0.3, -0.25) is 14.5 Å². The number of anilines is 1. The van der Waals surface area contributed by atoms with Crippen LogP contribution in [0.4, 0.5) is 5.82 Å². The van der Waals surface area contributed by atoms with Crippen molar-refractivity contribution in [2.24, 2.45) is 0 Å². The number of nitrogen functional groups attached to an aromatic ring is 1. The molecule has 0 saturated carbocycles. The highest BCUT2D eigenvalue weighted by atomic mass is 16.2. The van der Waals surface area contributed by atoms with E-state index in [1.807, 2.05) is 90.8 Å². The number of nitrogens with one attached hydrogen (secondary N) is 1. The van der Waals surface area contributed by atoms with Crippen LogP contribution in [0, 0.1) is 0 Å². The number of allylic oxidation sites excluding steroid dienone is 10. The van der Waals surface area contributed by atoms with Gasteiger partial charge in [0, 0.05) is 70.5 Å². The van der Waals surface area contributed by atoms with Gasteiger partial charge in [-0.2, -0.15) is 0 Å². The molecule has 0 spiro atoms. The molecular weight excluding hydrogens is 586 g/mol. The molecule has 2 aromatic heterocycles. The van der Waals surface area contributed by atoms with Crippen molar-refractivity contribution < 1.29 is 9.59 Å². The van der Waals surface area contributed by atoms with Crippen LogP contribution in [0.15, 0.2) is 96.2 Å². The van der Waals surface area contributed by atoms with Crippen LogP contribution in [-0.4, -0.2) is 75.4 Å². The molecule has 1 fully saturated rings. The zero-order valence-electron chi connectivity index (χ0n) is 27.7. The number of piperazine rings is 1. The van der Waals surface area contributed by atoms with Gasteiger partial charge in [0.2, 0.25) is 11.8 Å². The second kappa shape index (κ2) is 16.7. The van der Waals surface area contributed by atoms with E-state index in [4.69, 9.17) is 10.7 Å². The Morgan fingerprint density at radius 2 is 1.57 bits per heavy atom. The number of unbranched alkanes of at least 4 members (excludes halogenated alkanes) is 1. The molecule has 47 heavy (non-hydrogen) atoms. The molecule has 2 amide bonds. The second-order valence-electron chi connectivity index (χ2n) is 12.1. The molecule has 3 N–H and O–H groups in total. The lowest BCUT2D eigenvalue weighted by Gasteiger charge is -2.35. The van der Waals surface area contributed by atoms with Crippen LogP contribution in [-0.2, 0) is 22.6 Å². The van der Waals surface area contributed by atoms with Crippen molar-refractivity contribution >= 4 is 39.6 Å². The van der Waals surface area contributed by atoms with Crippen molar-refractivity contribution in [3.63, 3.8) is 0 Å². The summed E-state index contributed by atoms with van der Waals surface area (Å²) in [5.74, 6) is 1.44. The first-order valence-corrected chi connectivity index (χ1v) is 16.8. The van der Waals surface area contributed by atoms with Gasteiger partial charge >= 0.3 is 0 Å². The van der Waals surface area contributed by atoms with Gasteiger partial charge in [-0.05, 0) is 30.6 Å². The third-order valence-corrected chi connectivity index (χ3v) is 8.78. The zero-order chi connectivity index (χ0) is 33.0. The number of rotatable bonds is 11. The maximum Gasteiger partial charge on any atom is 0.223 e. The quantitative estimate of drug-likeness (QED) is 0.282. The Balaban J connectivity index is 1.12. The van der Waals surface area contributed by atoms with E-state index < -0.39 is 0 Å². The molecule has 2 aliphatic rings. The summed E-state index contributed by atoms with van der Waals surface area (Å²) in [7, 11) is 0. The Bertz CT molecular complexity index is 1750. The number of fused-ring (bicyclic) bond motifs is 3. The first-order chi connectivity index (χ1) is 22.9. The van der Waals surface area contributed by atoms with E-state index in [-0.39, 0.29) is 24.7 Å². The minimum absolute atomic E-state index is 0.0333. The van der Waals surface area contributed by atoms with E-state index in [0.29, 0.717) is 25.5 Å². The van der Waals surface area contributed by atoms with Gasteiger partial charge in [0.1, 0.15) is 11.3 Å². The maximum atomic E-state index is 13.0. The summed E-state index contributed by atoms with van der Waals surface area (Å²) in [5, 5.41) is 4.07. The predicted molar refractivity (Wildman–Crippen MR) is 192 cm³/mol. The number of nitrogens with zero attached hydrogens (tertiary/aromatic N) is 5. The molecule has 9 nitrogen and oxygen atoms in total. The molecule has 1 saturated heterocycles. The SMILES string of the molecule is CCCCc1nc2c(N)nc3ccccc3c2n1CCN1CCN(C(=O)CCC(=O)NCC2=C\C=C/C=C\C=C/C=C\C=C2C)CC1. The number of aryl methyl sites for hydroxylation is 1. The van der Waals surface area contributed by atoms with Crippen molar-refractivity contribution in [3.05, 3.63) is 102 Å². The van der Waals surface area contributed by atoms with E-state index in [2.05, 4.69) is 32.8 Å². The summed E-state index contributed by atoms with van der Waals surface area (Å²) in [5.41, 5.74) is 11.2. The smallest absolute Gasteiger partial charge is 0.223 e. The van der Waals surface area contributed by atoms with Crippen LogP contribution in [0.3, 0.4) is 0 Å². The highest BCUT2D eigenvalue weighted by Gasteiger charge is 2.23. The van der Waals surface area contributed by atoms with Crippen molar-refractivity contribution in [1.29, 1.82) is 0 Å². The predicted octanol–water partition coefficient (Wildman–Crippen LogP) is 5.66. The van der Waals surface area contributed by atoms with Gasteiger partial charge in [-0.25, -0.2) is 9.97 Å². The molecule has 3 aromatic rings. The van der Waals surface area contributed by atoms with Crippen molar-refractivity contribution in [2.75, 3.05) is 45.0 Å². The van der Waals surface area contributed by atoms with Gasteiger partial charge in [0.05, 0.1) is 11.0 Å². The monoisotopic (exact) mass is 633 g/mol. The summed E-state index contributed by atoms with van der Waals surface area (Å²) in [6, 6.07) is 8.11. The Hall–Kier alpha value is -4.76. The minimum Gasteiger partial charge on any atom is -0.382 e. The molecule has 0 unspecified atom stereocenters. The number of pyridine rings is 1. The molecule has 1 aliphatic carbocycles. The highest BCUT2D eigenvalue weighted by Crippen LogP contribution is 2.29. The molecular formula is C38H47N7O2. The van der Waals surface area contributed by atoms with E-state index in [1.54, 1.807) is 0 Å². The van der Waals surface area contributed by atoms with Crippen LogP contribution in [0.2, 0.25) is 0 Å². The normalized spacial score (nSPS) is 18.6. The lowest BCUT2D eigenvalue weighted by Crippen LogP contribution is -2.49. The number of hydrogen-bond donors (Lipinski definition) is 2. The molecule has 246 valence electrons. The average Bonchev–Trinajstić information content (AvgIpc) is 3.46. The number of carbonyl (C=O) groups is 2. The van der Waals surface area contributed by atoms with E-state index >= 15 is 0 Å². The van der Waals surface area contributed by atoms with Crippen molar-refractivity contribution in [3.8, 4) is 0 Å². The van der Waals surface area contributed by atoms with Crippen LogP contribution in [0.1, 0.15) is 45.4 Å². The number of aromatic nitrogens is 3. The number of carbonyl (C=O) groups excluding carboxylic acids is 2. The van der Waals surface area contributed by atoms with Gasteiger partial charge in [0.25, 0.3) is 0 Å². The molecule has 0 atom stereocenters. The molecule has 1 aliphatic heterocycles. The fourth-order valence-corrected chi connectivity index (χ4v) is 5.99. The Morgan fingerprint density at radius 3 is 2.32 bits per heavy atom. The highest BCUT2D eigenvalue weighted by molar-refractivity contribution is 6.06. The largest absolute Gasteiger partial charge is 0.382 e. The molecule has 9 heteroatoms. The summed E-state index contributed by atoms with van der Waals surface area (Å²) < 4.78 is 2.33. The number of imidazole rings is 1. The number of hydrogen-bond acceptors (Lipinski definition) is 6. The van der Waals surface area contributed by atoms with Crippen molar-refractivity contribution in [2.45, 2.75) is 52.5 Å². The van der Waals surface area contributed by atoms with Gasteiger partial charge in [-0.1, -0.05) is 92.3 Å². The van der Waals surface area contributed by atoms with Gasteiger partial charge in [-0.15, -0.1) is 0 Å². The third-order valence-electron chi connectivity index (χ3n) is 8.78. The van der Waals surface area contributed by atoms with E-state index in [0.717, 1.165) is 84.3 Å². The Morgan fingerprint density at radius 1 is 0.872 bits per heavy atom. The average molecular weight is 634 g/mol. The Kier molecular flexibility index (Phi) is 11.9. The zero-order valence-corrected chi connectivity index (χ0v) is 27.7. The standard InChI is InChI=1S/C38H47N7O2/c1-3-4-19-33-42-36-37(31-17-13-14-18-32(31)41-38(36)39)45(33)27-24-43-22-25-44(26-23-43)35(47)21-20-34(46)40-28-30-16-12-10-8-6-5-7-9-11-15-29(30)2/h5-18H,3-4,19-28H2,1-2H3,(H2,39,41)(H,40,46)/b6-5?,7-5-,8-6-,9-7?,10-8?,11-9-,12-10-,15-11?,16-12?,29-15?,30-16?,30-29?. The van der Waals surface area contributed by atoms with Crippen LogP contribution >= 0.6 is 0 Å². The lowest BCUT2D eigenvalue weighted by molar-refractivity contribution is -0.135. The minimum atomic E-state index is -0.117. The van der Waals surface area contributed by atoms with Crippen LogP contribution < -0.4 is 11.1 Å². The molecule has 5 rings (SSSR count). The molecule has 1 aromatic carbocycles. The summed E-state index contributed by atoms with van der Waals surface area (Å²) in [6.07, 6.45) is 23.3. The van der Waals surface area contributed by atoms with Crippen LogP contribution in [0.25, 0.3) is 21.9 Å². The lowest BCUT2D eigenvalue weighted by atomic mass is 10.1. The van der Waals surface area contributed by atoms with Gasteiger partial charge in [0.15, 0.2) is 5.82 Å². The Labute approximate surface area is 277 Å². The fourth-order valence-electron chi connectivity index (χ4n) is 5.99. The molecule has 0 bridgehead atoms. The first kappa shape index (κ1) is 33.6. The number of benzene rings is 1. The molecule has 0 radical (unpaired) electrons. The number of para-hydroxylation sites is 1. The van der Waals surface area contributed by atoms with Crippen LogP contribution in [0.5, 0.6) is 0 Å². The first-order valence-electron chi connectivity index (χ1n) is 16.8. The second-order valence-corrected chi connectivity index (χ2v) is 12.1.